The Morgan fingerprint density at radius 3 is 2.19 bits per heavy atom. The van der Waals surface area contributed by atoms with Crippen LogP contribution in [-0.2, 0) is 14.3 Å². The fourth-order valence-corrected chi connectivity index (χ4v) is 4.86. The smallest absolute Gasteiger partial charge is 0.308 e. The minimum absolute atomic E-state index is 0.0434. The second-order valence-corrected chi connectivity index (χ2v) is 10.8. The molecule has 0 bridgehead atoms. The van der Waals surface area contributed by atoms with Gasteiger partial charge in [0.05, 0.1) is 45.3 Å². The molecule has 15 nitrogen and oxygen atoms in total. The Balaban J connectivity index is 1.42. The fourth-order valence-electron chi connectivity index (χ4n) is 4.35. The number of nitrogens with zero attached hydrogens (tertiary/aromatic N) is 4. The number of ketones is 1. The van der Waals surface area contributed by atoms with Crippen LogP contribution in [-0.4, -0.2) is 47.8 Å². The number of non-ortho nitro benzene ring substituents is 1. The van der Waals surface area contributed by atoms with Crippen LogP contribution in [0.25, 0.3) is 11.1 Å². The molecule has 0 heterocycles. The topological polar surface area (TPSA) is 205 Å². The molecule has 0 unspecified atom stereocenters. The van der Waals surface area contributed by atoms with Gasteiger partial charge in [0.25, 0.3) is 5.69 Å². The minimum Gasteiger partial charge on any atom is -0.495 e. The second kappa shape index (κ2) is 16.0. The summed E-state index contributed by atoms with van der Waals surface area (Å²) in [7, 11) is 1.36. The molecule has 0 aliphatic heterocycles. The van der Waals surface area contributed by atoms with Crippen molar-refractivity contribution in [2.45, 2.75) is 13.3 Å². The lowest BCUT2D eigenvalue weighted by Crippen LogP contribution is -2.17. The van der Waals surface area contributed by atoms with E-state index in [2.05, 4.69) is 36.8 Å². The number of rotatable bonds is 14. The lowest BCUT2D eigenvalue weighted by atomic mass is 10.0. The first kappa shape index (κ1) is 34.8. The Bertz CT molecular complexity index is 1900. The number of carbonyl (C=O) groups is 3. The van der Waals surface area contributed by atoms with E-state index in [0.717, 1.165) is 23.3 Å². The summed E-state index contributed by atoms with van der Waals surface area (Å²) in [6.07, 6.45) is -0.113. The Morgan fingerprint density at radius 2 is 1.56 bits per heavy atom. The Morgan fingerprint density at radius 1 is 0.875 bits per heavy atom. The number of amides is 1. The molecule has 1 amide bonds. The first-order valence-corrected chi connectivity index (χ1v) is 14.9. The van der Waals surface area contributed by atoms with Crippen molar-refractivity contribution in [1.82, 2.24) is 0 Å². The SMILES string of the molecule is COc1cc(N=Nc2c(Br)cc([N+](=O)[O-])cc2[N+](=O)[O-])c(NC(C)=O)cc1NCCC(=O)OCC(=O)c1ccc(-c2ccccc2)cc1. The van der Waals surface area contributed by atoms with Crippen molar-refractivity contribution >= 4 is 67.7 Å². The number of nitrogens with one attached hydrogen (secondary N) is 2. The van der Waals surface area contributed by atoms with Crippen LogP contribution >= 0.6 is 15.9 Å². The van der Waals surface area contributed by atoms with Gasteiger partial charge in [0.15, 0.2) is 18.1 Å². The third-order valence-corrected chi connectivity index (χ3v) is 7.25. The predicted octanol–water partition coefficient (Wildman–Crippen LogP) is 7.54. The fraction of sp³-hybridized carbons (Fsp3) is 0.156. The molecule has 0 fully saturated rings. The minimum atomic E-state index is -0.835. The third-order valence-electron chi connectivity index (χ3n) is 6.64. The number of ether oxygens (including phenoxy) is 2. The number of Topliss-reactive ketones (excluding diaryl/α,β-unsaturated/α-hetero) is 1. The Labute approximate surface area is 281 Å². The molecule has 0 spiro atoms. The van der Waals surface area contributed by atoms with E-state index < -0.39 is 39.7 Å². The molecule has 16 heteroatoms. The summed E-state index contributed by atoms with van der Waals surface area (Å²) in [6, 6.07) is 21.3. The van der Waals surface area contributed by atoms with Crippen LogP contribution in [0.4, 0.5) is 34.1 Å². The number of hydrogen-bond acceptors (Lipinski definition) is 12. The van der Waals surface area contributed by atoms with Crippen molar-refractivity contribution in [3.63, 3.8) is 0 Å². The van der Waals surface area contributed by atoms with Gasteiger partial charge in [-0.15, -0.1) is 10.2 Å². The van der Waals surface area contributed by atoms with Crippen molar-refractivity contribution in [3.05, 3.63) is 109 Å². The maximum Gasteiger partial charge on any atom is 0.308 e. The van der Waals surface area contributed by atoms with Crippen LogP contribution in [0.5, 0.6) is 5.75 Å². The molecule has 0 aliphatic rings. The number of esters is 1. The van der Waals surface area contributed by atoms with Gasteiger partial charge < -0.3 is 20.1 Å². The molecule has 48 heavy (non-hydrogen) atoms. The molecule has 0 saturated carbocycles. The lowest BCUT2D eigenvalue weighted by molar-refractivity contribution is -0.393. The first-order valence-electron chi connectivity index (χ1n) is 14.1. The average Bonchev–Trinajstić information content (AvgIpc) is 3.07. The zero-order chi connectivity index (χ0) is 34.8. The summed E-state index contributed by atoms with van der Waals surface area (Å²) in [6.45, 7) is 0.894. The van der Waals surface area contributed by atoms with Crippen molar-refractivity contribution < 1.29 is 33.7 Å². The van der Waals surface area contributed by atoms with Crippen LogP contribution < -0.4 is 15.4 Å². The highest BCUT2D eigenvalue weighted by Crippen LogP contribution is 2.42. The first-order chi connectivity index (χ1) is 23.0. The summed E-state index contributed by atoms with van der Waals surface area (Å²) < 4.78 is 10.5. The predicted molar refractivity (Wildman–Crippen MR) is 179 cm³/mol. The van der Waals surface area contributed by atoms with Crippen molar-refractivity contribution in [1.29, 1.82) is 0 Å². The number of carbonyl (C=O) groups excluding carboxylic acids is 3. The molecular formula is C32H27BrN6O9. The number of nitro groups is 2. The lowest BCUT2D eigenvalue weighted by Gasteiger charge is -2.15. The van der Waals surface area contributed by atoms with Gasteiger partial charge in [-0.05, 0) is 33.1 Å². The van der Waals surface area contributed by atoms with Crippen LogP contribution in [0.2, 0.25) is 0 Å². The molecule has 0 aliphatic carbocycles. The summed E-state index contributed by atoms with van der Waals surface area (Å²) in [4.78, 5) is 58.0. The van der Waals surface area contributed by atoms with Gasteiger partial charge in [-0.1, -0.05) is 54.6 Å². The molecule has 4 rings (SSSR count). The van der Waals surface area contributed by atoms with E-state index in [1.807, 2.05) is 42.5 Å². The summed E-state index contributed by atoms with van der Waals surface area (Å²) in [5.74, 6) is -1.22. The van der Waals surface area contributed by atoms with E-state index >= 15 is 0 Å². The van der Waals surface area contributed by atoms with E-state index in [0.29, 0.717) is 11.3 Å². The van der Waals surface area contributed by atoms with E-state index in [-0.39, 0.29) is 46.0 Å². The number of benzene rings is 4. The standard InChI is InChI=1S/C32H27BrN6O9/c1-19(40)35-25-16-27(30(47-2)17-26(25)36-37-32-24(33)14-23(38(43)44)15-28(32)39(45)46)34-13-12-31(42)48-18-29(41)22-10-8-21(9-11-22)20-6-4-3-5-7-20/h3-11,14-17,34H,12-13,18H2,1-2H3,(H,35,40). The zero-order valence-corrected chi connectivity index (χ0v) is 27.1. The van der Waals surface area contributed by atoms with E-state index in [9.17, 15) is 34.6 Å². The highest BCUT2D eigenvalue weighted by molar-refractivity contribution is 9.10. The Kier molecular flexibility index (Phi) is 11.6. The largest absolute Gasteiger partial charge is 0.495 e. The molecule has 4 aromatic rings. The van der Waals surface area contributed by atoms with Crippen LogP contribution in [0.1, 0.15) is 23.7 Å². The summed E-state index contributed by atoms with van der Waals surface area (Å²) in [5.41, 5.74) is 1.43. The van der Waals surface area contributed by atoms with Gasteiger partial charge in [-0.25, -0.2) is 0 Å². The summed E-state index contributed by atoms with van der Waals surface area (Å²) >= 11 is 3.06. The van der Waals surface area contributed by atoms with Gasteiger partial charge in [0.2, 0.25) is 5.91 Å². The molecule has 0 atom stereocenters. The third kappa shape index (κ3) is 9.03. The number of methoxy groups -OCH3 is 1. The number of halogens is 1. The highest BCUT2D eigenvalue weighted by atomic mass is 79.9. The van der Waals surface area contributed by atoms with Crippen LogP contribution in [0, 0.1) is 20.2 Å². The van der Waals surface area contributed by atoms with Gasteiger partial charge in [-0.2, -0.15) is 0 Å². The molecule has 0 saturated heterocycles. The number of hydrogen-bond donors (Lipinski definition) is 2. The maximum atomic E-state index is 12.6. The monoisotopic (exact) mass is 718 g/mol. The maximum absolute atomic E-state index is 12.6. The quantitative estimate of drug-likeness (QED) is 0.0430. The average molecular weight is 720 g/mol. The number of nitro benzene ring substituents is 2. The number of azo groups is 1. The van der Waals surface area contributed by atoms with Crippen molar-refractivity contribution in [3.8, 4) is 16.9 Å². The van der Waals surface area contributed by atoms with Crippen LogP contribution in [0.15, 0.2) is 93.6 Å². The van der Waals surface area contributed by atoms with Gasteiger partial charge in [0, 0.05) is 31.2 Å². The van der Waals surface area contributed by atoms with Gasteiger partial charge in [0.1, 0.15) is 11.4 Å². The Hall–Kier alpha value is -6.03. The summed E-state index contributed by atoms with van der Waals surface area (Å²) in [5, 5.41) is 36.3. The number of anilines is 2. The zero-order valence-electron chi connectivity index (χ0n) is 25.5. The van der Waals surface area contributed by atoms with E-state index in [4.69, 9.17) is 9.47 Å². The molecule has 0 aromatic heterocycles. The molecule has 246 valence electrons. The van der Waals surface area contributed by atoms with Crippen molar-refractivity contribution in [2.75, 3.05) is 30.9 Å². The normalized spacial score (nSPS) is 10.7. The molecule has 2 N–H and O–H groups in total. The second-order valence-electron chi connectivity index (χ2n) is 9.96. The molecular weight excluding hydrogens is 692 g/mol. The van der Waals surface area contributed by atoms with Crippen LogP contribution in [0.3, 0.4) is 0 Å². The van der Waals surface area contributed by atoms with Crippen molar-refractivity contribution in [2.24, 2.45) is 10.2 Å². The van der Waals surface area contributed by atoms with E-state index in [1.54, 1.807) is 12.1 Å². The molecule has 0 radical (unpaired) electrons. The molecule has 4 aromatic carbocycles. The van der Waals surface area contributed by atoms with E-state index in [1.165, 1.54) is 26.2 Å². The van der Waals surface area contributed by atoms with Gasteiger partial charge >= 0.3 is 11.7 Å². The highest BCUT2D eigenvalue weighted by Gasteiger charge is 2.24. The van der Waals surface area contributed by atoms with Gasteiger partial charge in [-0.3, -0.25) is 34.6 Å².